The number of ether oxygens (including phenoxy) is 1. The Bertz CT molecular complexity index is 1540. The largest absolute Gasteiger partial charge is 0.494 e. The minimum atomic E-state index is -0.213. The summed E-state index contributed by atoms with van der Waals surface area (Å²) in [6, 6.07) is 19.3. The fraction of sp³-hybridized carbons (Fsp3) is 0.192. The second-order valence-corrected chi connectivity index (χ2v) is 9.76. The lowest BCUT2D eigenvalue weighted by molar-refractivity contribution is 0.306. The van der Waals surface area contributed by atoms with Gasteiger partial charge in [-0.25, -0.2) is 0 Å². The maximum absolute atomic E-state index is 12.9. The van der Waals surface area contributed by atoms with E-state index >= 15 is 0 Å². The van der Waals surface area contributed by atoms with Crippen LogP contribution in [0.2, 0.25) is 0 Å². The molecule has 0 aliphatic carbocycles. The van der Waals surface area contributed by atoms with Gasteiger partial charge in [0.2, 0.25) is 4.96 Å². The van der Waals surface area contributed by atoms with Crippen LogP contribution in [0.4, 0.5) is 0 Å². The predicted octanol–water partition coefficient (Wildman–Crippen LogP) is 5.96. The smallest absolute Gasteiger partial charge is 0.291 e. The van der Waals surface area contributed by atoms with Crippen molar-refractivity contribution in [3.63, 3.8) is 0 Å². The van der Waals surface area contributed by atoms with E-state index in [2.05, 4.69) is 32.9 Å². The summed E-state index contributed by atoms with van der Waals surface area (Å²) in [5.74, 6) is 2.68. The van der Waals surface area contributed by atoms with Crippen LogP contribution < -0.4 is 14.8 Å². The molecule has 3 heterocycles. The number of thiazole rings is 1. The first-order valence-corrected chi connectivity index (χ1v) is 12.7. The second-order valence-electron chi connectivity index (χ2n) is 7.84. The van der Waals surface area contributed by atoms with Crippen LogP contribution >= 0.6 is 27.3 Å². The fourth-order valence-corrected chi connectivity index (χ4v) is 4.84. The molecule has 3 aromatic heterocycles. The maximum atomic E-state index is 12.9. The Morgan fingerprint density at radius 3 is 2.71 bits per heavy atom. The molecular formula is C26H22BrN3O3S. The Kier molecular flexibility index (Phi) is 6.60. The summed E-state index contributed by atoms with van der Waals surface area (Å²) in [7, 11) is 0. The van der Waals surface area contributed by atoms with Gasteiger partial charge >= 0.3 is 0 Å². The molecule has 2 aromatic carbocycles. The van der Waals surface area contributed by atoms with Crippen molar-refractivity contribution in [2.24, 2.45) is 0 Å². The van der Waals surface area contributed by atoms with Crippen LogP contribution in [0.25, 0.3) is 33.7 Å². The molecule has 5 aromatic rings. The van der Waals surface area contributed by atoms with E-state index in [0.717, 1.165) is 40.0 Å². The predicted molar refractivity (Wildman–Crippen MR) is 138 cm³/mol. The first-order valence-electron chi connectivity index (χ1n) is 11.1. The number of benzene rings is 2. The van der Waals surface area contributed by atoms with E-state index in [1.807, 2.05) is 60.7 Å². The molecule has 0 spiro atoms. The van der Waals surface area contributed by atoms with Gasteiger partial charge in [0.15, 0.2) is 5.82 Å². The van der Waals surface area contributed by atoms with Crippen LogP contribution in [0.15, 0.2) is 74.3 Å². The Balaban J connectivity index is 1.36. The van der Waals surface area contributed by atoms with Crippen molar-refractivity contribution in [1.82, 2.24) is 14.6 Å². The molecule has 0 N–H and O–H groups in total. The third-order valence-electron chi connectivity index (χ3n) is 5.32. The lowest BCUT2D eigenvalue weighted by Crippen LogP contribution is -2.23. The lowest BCUT2D eigenvalue weighted by atomic mass is 10.2. The van der Waals surface area contributed by atoms with Gasteiger partial charge in [-0.05, 0) is 55.0 Å². The van der Waals surface area contributed by atoms with E-state index in [9.17, 15) is 4.79 Å². The van der Waals surface area contributed by atoms with Crippen molar-refractivity contribution in [3.05, 3.63) is 85.8 Å². The number of rotatable bonds is 8. The molecule has 8 heteroatoms. The van der Waals surface area contributed by atoms with Crippen LogP contribution in [0.1, 0.15) is 31.9 Å². The number of hydrogen-bond acceptors (Lipinski definition) is 6. The SMILES string of the molecule is CCCCCOc1ccc(-c2nc3s/c(=C/c4ccc(-c5cccc(Br)c5)o4)c(=O)n3n2)cc1. The van der Waals surface area contributed by atoms with Gasteiger partial charge in [0.1, 0.15) is 21.8 Å². The minimum absolute atomic E-state index is 0.213. The molecule has 0 unspecified atom stereocenters. The highest BCUT2D eigenvalue weighted by molar-refractivity contribution is 9.10. The van der Waals surface area contributed by atoms with Crippen molar-refractivity contribution in [2.45, 2.75) is 26.2 Å². The number of unbranched alkanes of at least 4 members (excludes halogenated alkanes) is 2. The van der Waals surface area contributed by atoms with Crippen molar-refractivity contribution >= 4 is 38.3 Å². The number of halogens is 1. The quantitative estimate of drug-likeness (QED) is 0.229. The normalized spacial score (nSPS) is 12.0. The van der Waals surface area contributed by atoms with Gasteiger partial charge in [0.25, 0.3) is 5.56 Å². The molecule has 0 saturated heterocycles. The van der Waals surface area contributed by atoms with Crippen molar-refractivity contribution in [3.8, 4) is 28.5 Å². The number of fused-ring (bicyclic) bond motifs is 1. The van der Waals surface area contributed by atoms with Gasteiger partial charge in [-0.3, -0.25) is 4.79 Å². The zero-order valence-corrected chi connectivity index (χ0v) is 20.9. The summed E-state index contributed by atoms with van der Waals surface area (Å²) >= 11 is 4.76. The fourth-order valence-electron chi connectivity index (χ4n) is 3.55. The average molecular weight is 536 g/mol. The number of nitrogens with zero attached hydrogens (tertiary/aromatic N) is 3. The van der Waals surface area contributed by atoms with Crippen LogP contribution in [0, 0.1) is 0 Å². The van der Waals surface area contributed by atoms with Gasteiger partial charge in [-0.2, -0.15) is 9.50 Å². The first kappa shape index (κ1) is 22.6. The molecule has 0 saturated carbocycles. The number of aromatic nitrogens is 3. The molecule has 5 rings (SSSR count). The van der Waals surface area contributed by atoms with E-state index in [1.165, 1.54) is 22.3 Å². The molecule has 0 aliphatic heterocycles. The summed E-state index contributed by atoms with van der Waals surface area (Å²) in [4.78, 5) is 18.0. The maximum Gasteiger partial charge on any atom is 0.291 e. The van der Waals surface area contributed by atoms with Gasteiger partial charge < -0.3 is 9.15 Å². The number of furan rings is 1. The van der Waals surface area contributed by atoms with Crippen LogP contribution in [0.5, 0.6) is 5.75 Å². The lowest BCUT2D eigenvalue weighted by Gasteiger charge is -2.05. The first-order chi connectivity index (χ1) is 16.6. The molecule has 0 amide bonds. The third kappa shape index (κ3) is 4.83. The topological polar surface area (TPSA) is 69.6 Å². The van der Waals surface area contributed by atoms with E-state index in [0.29, 0.717) is 27.7 Å². The monoisotopic (exact) mass is 535 g/mol. The van der Waals surface area contributed by atoms with Crippen molar-refractivity contribution < 1.29 is 9.15 Å². The Hall–Kier alpha value is -3.23. The Morgan fingerprint density at radius 2 is 1.94 bits per heavy atom. The van der Waals surface area contributed by atoms with E-state index < -0.39 is 0 Å². The standard InChI is InChI=1S/C26H22BrN3O3S/c1-2-3-4-14-32-20-10-8-17(9-11-20)24-28-26-30(29-24)25(31)23(34-26)16-21-12-13-22(33-21)18-6-5-7-19(27)15-18/h5-13,15-16H,2-4,14H2,1H3/b23-16+. The Labute approximate surface area is 208 Å². The number of hydrogen-bond donors (Lipinski definition) is 0. The third-order valence-corrected chi connectivity index (χ3v) is 6.77. The Morgan fingerprint density at radius 1 is 1.09 bits per heavy atom. The highest BCUT2D eigenvalue weighted by Gasteiger charge is 2.13. The van der Waals surface area contributed by atoms with Gasteiger partial charge in [-0.1, -0.05) is 59.2 Å². The highest BCUT2D eigenvalue weighted by Crippen LogP contribution is 2.25. The summed E-state index contributed by atoms with van der Waals surface area (Å²) in [5.41, 5.74) is 1.59. The van der Waals surface area contributed by atoms with Crippen molar-refractivity contribution in [2.75, 3.05) is 6.61 Å². The highest BCUT2D eigenvalue weighted by atomic mass is 79.9. The molecule has 0 bridgehead atoms. The zero-order valence-electron chi connectivity index (χ0n) is 18.5. The molecule has 172 valence electrons. The van der Waals surface area contributed by atoms with E-state index in [1.54, 1.807) is 6.08 Å². The summed E-state index contributed by atoms with van der Waals surface area (Å²) < 4.78 is 14.5. The second kappa shape index (κ2) is 9.95. The minimum Gasteiger partial charge on any atom is -0.494 e. The van der Waals surface area contributed by atoms with Gasteiger partial charge in [-0.15, -0.1) is 5.10 Å². The summed E-state index contributed by atoms with van der Waals surface area (Å²) in [5, 5.41) is 4.43. The molecular weight excluding hydrogens is 514 g/mol. The van der Waals surface area contributed by atoms with Gasteiger partial charge in [0, 0.05) is 21.7 Å². The van der Waals surface area contributed by atoms with Crippen molar-refractivity contribution in [1.29, 1.82) is 0 Å². The van der Waals surface area contributed by atoms with E-state index in [4.69, 9.17) is 9.15 Å². The summed E-state index contributed by atoms with van der Waals surface area (Å²) in [6.45, 7) is 2.88. The molecule has 0 atom stereocenters. The molecule has 34 heavy (non-hydrogen) atoms. The van der Waals surface area contributed by atoms with Crippen LogP contribution in [-0.2, 0) is 0 Å². The zero-order chi connectivity index (χ0) is 23.5. The molecule has 0 radical (unpaired) electrons. The molecule has 6 nitrogen and oxygen atoms in total. The molecule has 0 aliphatic rings. The summed E-state index contributed by atoms with van der Waals surface area (Å²) in [6.07, 6.45) is 5.11. The van der Waals surface area contributed by atoms with E-state index in [-0.39, 0.29) is 5.56 Å². The van der Waals surface area contributed by atoms with Crippen LogP contribution in [0.3, 0.4) is 0 Å². The average Bonchev–Trinajstić information content (AvgIpc) is 3.55. The van der Waals surface area contributed by atoms with Gasteiger partial charge in [0.05, 0.1) is 6.61 Å². The molecule has 0 fully saturated rings. The van der Waals surface area contributed by atoms with Crippen LogP contribution in [-0.4, -0.2) is 21.2 Å².